The lowest BCUT2D eigenvalue weighted by Crippen LogP contribution is -2.41. The molecule has 1 amide bonds. The lowest BCUT2D eigenvalue weighted by Gasteiger charge is -2.35. The van der Waals surface area contributed by atoms with Crippen molar-refractivity contribution < 1.29 is 4.79 Å². The van der Waals surface area contributed by atoms with Gasteiger partial charge in [0.1, 0.15) is 0 Å². The maximum atomic E-state index is 13.3. The Hall–Kier alpha value is -2.60. The van der Waals surface area contributed by atoms with Gasteiger partial charge in [0.25, 0.3) is 5.91 Å². The maximum Gasteiger partial charge on any atom is 0.256 e. The maximum absolute atomic E-state index is 13.3. The molecule has 0 radical (unpaired) electrons. The second-order valence-electron chi connectivity index (χ2n) is 7.39. The first kappa shape index (κ1) is 16.8. The molecule has 1 atom stereocenters. The van der Waals surface area contributed by atoms with Gasteiger partial charge in [0.2, 0.25) is 0 Å². The Bertz CT molecular complexity index is 939. The zero-order valence-corrected chi connectivity index (χ0v) is 15.6. The van der Waals surface area contributed by atoms with Crippen molar-refractivity contribution >= 4 is 16.8 Å². The van der Waals surface area contributed by atoms with E-state index in [1.165, 1.54) is 0 Å². The Balaban J connectivity index is 1.64. The molecule has 0 saturated carbocycles. The van der Waals surface area contributed by atoms with Gasteiger partial charge in [-0.3, -0.25) is 4.79 Å². The molecule has 0 unspecified atom stereocenters. The lowest BCUT2D eigenvalue weighted by molar-refractivity contribution is 0.0672. The molecule has 4 rings (SSSR count). The summed E-state index contributed by atoms with van der Waals surface area (Å²) in [6.07, 6.45) is 6.73. The molecular weight excluding hydrogens is 326 g/mol. The average Bonchev–Trinajstić information content (AvgIpc) is 3.24. The highest BCUT2D eigenvalue weighted by Crippen LogP contribution is 2.27. The van der Waals surface area contributed by atoms with E-state index in [1.807, 2.05) is 53.4 Å². The molecule has 0 bridgehead atoms. The first-order valence-corrected chi connectivity index (χ1v) is 9.03. The Morgan fingerprint density at radius 1 is 1.31 bits per heavy atom. The minimum absolute atomic E-state index is 0.101. The van der Waals surface area contributed by atoms with Crippen LogP contribution in [0.4, 0.5) is 0 Å². The summed E-state index contributed by atoms with van der Waals surface area (Å²) in [6, 6.07) is 8.34. The molecular formula is C20H25N5O. The Kier molecular flexibility index (Phi) is 4.28. The fourth-order valence-electron chi connectivity index (χ4n) is 3.86. The number of hydrogen-bond acceptors (Lipinski definition) is 3. The highest BCUT2D eigenvalue weighted by Gasteiger charge is 2.29. The highest BCUT2D eigenvalue weighted by atomic mass is 16.2. The van der Waals surface area contributed by atoms with Crippen molar-refractivity contribution in [3.63, 3.8) is 0 Å². The molecule has 0 N–H and O–H groups in total. The van der Waals surface area contributed by atoms with Gasteiger partial charge in [-0.25, -0.2) is 4.98 Å². The molecule has 0 saturated heterocycles. The summed E-state index contributed by atoms with van der Waals surface area (Å²) in [4.78, 5) is 21.8. The number of rotatable bonds is 4. The fraction of sp³-hybridized carbons (Fsp3) is 0.400. The van der Waals surface area contributed by atoms with Crippen molar-refractivity contribution in [1.29, 1.82) is 0 Å². The molecule has 0 spiro atoms. The van der Waals surface area contributed by atoms with Crippen molar-refractivity contribution in [2.24, 2.45) is 7.05 Å². The number of nitrogens with zero attached hydrogens (tertiary/aromatic N) is 5. The van der Waals surface area contributed by atoms with Crippen LogP contribution in [0.2, 0.25) is 0 Å². The van der Waals surface area contributed by atoms with Gasteiger partial charge in [-0.2, -0.15) is 0 Å². The quantitative estimate of drug-likeness (QED) is 0.726. The van der Waals surface area contributed by atoms with Gasteiger partial charge in [0.15, 0.2) is 0 Å². The molecule has 1 aliphatic heterocycles. The molecule has 1 aromatic carbocycles. The normalized spacial score (nSPS) is 17.1. The van der Waals surface area contributed by atoms with Gasteiger partial charge >= 0.3 is 0 Å². The number of hydrogen-bond donors (Lipinski definition) is 0. The van der Waals surface area contributed by atoms with Gasteiger partial charge in [0, 0.05) is 36.9 Å². The van der Waals surface area contributed by atoms with Crippen LogP contribution in [-0.4, -0.2) is 57.0 Å². The number of amides is 1. The first-order valence-electron chi connectivity index (χ1n) is 9.03. The third kappa shape index (κ3) is 2.90. The predicted octanol–water partition coefficient (Wildman–Crippen LogP) is 2.52. The Morgan fingerprint density at radius 2 is 2.12 bits per heavy atom. The van der Waals surface area contributed by atoms with E-state index in [0.29, 0.717) is 6.54 Å². The molecule has 3 heterocycles. The van der Waals surface area contributed by atoms with E-state index in [2.05, 4.69) is 34.6 Å². The van der Waals surface area contributed by atoms with Crippen LogP contribution < -0.4 is 0 Å². The second-order valence-corrected chi connectivity index (χ2v) is 7.39. The molecule has 136 valence electrons. The zero-order chi connectivity index (χ0) is 18.3. The van der Waals surface area contributed by atoms with Crippen LogP contribution >= 0.6 is 0 Å². The number of para-hydroxylation sites is 1. The Morgan fingerprint density at radius 3 is 2.92 bits per heavy atom. The van der Waals surface area contributed by atoms with Crippen LogP contribution in [-0.2, 0) is 13.6 Å². The van der Waals surface area contributed by atoms with E-state index < -0.39 is 0 Å². The average molecular weight is 351 g/mol. The summed E-state index contributed by atoms with van der Waals surface area (Å²) < 4.78 is 4.26. The Labute approximate surface area is 153 Å². The van der Waals surface area contributed by atoms with Crippen LogP contribution in [0.25, 0.3) is 10.9 Å². The van der Waals surface area contributed by atoms with Crippen molar-refractivity contribution in [3.8, 4) is 0 Å². The molecule has 1 aliphatic rings. The molecule has 2 aromatic heterocycles. The molecule has 0 fully saturated rings. The standard InChI is InChI=1S/C20H25N5O/c1-22(2)9-8-15-11-24(12-16-10-21-14-25(15)16)20(26)18-13-23(3)19-7-5-4-6-17(18)19/h4-7,10,13-15H,8-9,11-12H2,1-3H3/t15-/m0/s1. The van der Waals surface area contributed by atoms with Gasteiger partial charge in [0.05, 0.1) is 30.2 Å². The number of benzene rings is 1. The second kappa shape index (κ2) is 6.61. The number of fused-ring (bicyclic) bond motifs is 2. The molecule has 0 aliphatic carbocycles. The topological polar surface area (TPSA) is 46.3 Å². The lowest BCUT2D eigenvalue weighted by atomic mass is 10.1. The van der Waals surface area contributed by atoms with E-state index in [9.17, 15) is 4.79 Å². The van der Waals surface area contributed by atoms with Crippen LogP contribution in [0.15, 0.2) is 43.0 Å². The molecule has 6 nitrogen and oxygen atoms in total. The van der Waals surface area contributed by atoms with E-state index in [-0.39, 0.29) is 11.9 Å². The summed E-state index contributed by atoms with van der Waals surface area (Å²) in [5.74, 6) is 0.101. The van der Waals surface area contributed by atoms with Crippen LogP contribution in [0.3, 0.4) is 0 Å². The van der Waals surface area contributed by atoms with Crippen molar-refractivity contribution in [2.75, 3.05) is 27.2 Å². The minimum atomic E-state index is 0.101. The zero-order valence-electron chi connectivity index (χ0n) is 15.6. The van der Waals surface area contributed by atoms with E-state index >= 15 is 0 Å². The number of carbonyl (C=O) groups excluding carboxylic acids is 1. The van der Waals surface area contributed by atoms with Crippen molar-refractivity contribution in [3.05, 3.63) is 54.2 Å². The smallest absolute Gasteiger partial charge is 0.256 e. The van der Waals surface area contributed by atoms with Crippen LogP contribution in [0.1, 0.15) is 28.5 Å². The summed E-state index contributed by atoms with van der Waals surface area (Å²) in [7, 11) is 6.15. The van der Waals surface area contributed by atoms with Gasteiger partial charge in [-0.15, -0.1) is 0 Å². The van der Waals surface area contributed by atoms with Crippen molar-refractivity contribution in [1.82, 2.24) is 23.9 Å². The van der Waals surface area contributed by atoms with Gasteiger partial charge in [-0.05, 0) is 33.1 Å². The number of imidazole rings is 1. The number of aryl methyl sites for hydroxylation is 1. The molecule has 3 aromatic rings. The summed E-state index contributed by atoms with van der Waals surface area (Å²) >= 11 is 0. The fourth-order valence-corrected chi connectivity index (χ4v) is 3.86. The molecule has 6 heteroatoms. The first-order chi connectivity index (χ1) is 12.5. The van der Waals surface area contributed by atoms with Crippen LogP contribution in [0.5, 0.6) is 0 Å². The van der Waals surface area contributed by atoms with Gasteiger partial charge < -0.3 is 18.9 Å². The van der Waals surface area contributed by atoms with Gasteiger partial charge in [-0.1, -0.05) is 18.2 Å². The SMILES string of the molecule is CN(C)CC[C@H]1CN(C(=O)c2cn(C)c3ccccc23)Cc2cncn21. The molecule has 26 heavy (non-hydrogen) atoms. The highest BCUT2D eigenvalue weighted by molar-refractivity contribution is 6.07. The minimum Gasteiger partial charge on any atom is -0.350 e. The van der Waals surface area contributed by atoms with E-state index in [0.717, 1.165) is 41.7 Å². The van der Waals surface area contributed by atoms with E-state index in [4.69, 9.17) is 0 Å². The number of carbonyl (C=O) groups is 1. The third-order valence-corrected chi connectivity index (χ3v) is 5.25. The van der Waals surface area contributed by atoms with E-state index in [1.54, 1.807) is 0 Å². The monoisotopic (exact) mass is 351 g/mol. The third-order valence-electron chi connectivity index (χ3n) is 5.25. The van der Waals surface area contributed by atoms with Crippen molar-refractivity contribution in [2.45, 2.75) is 19.0 Å². The predicted molar refractivity (Wildman–Crippen MR) is 102 cm³/mol. The summed E-state index contributed by atoms with van der Waals surface area (Å²) in [5.41, 5.74) is 2.97. The number of aromatic nitrogens is 3. The van der Waals surface area contributed by atoms with Crippen LogP contribution in [0, 0.1) is 0 Å². The largest absolute Gasteiger partial charge is 0.350 e. The summed E-state index contributed by atoms with van der Waals surface area (Å²) in [6.45, 7) is 2.32. The summed E-state index contributed by atoms with van der Waals surface area (Å²) in [5, 5.41) is 1.02.